The first kappa shape index (κ1) is 15.4. The lowest BCUT2D eigenvalue weighted by atomic mass is 9.98. The number of hydrogen-bond donors (Lipinski definition) is 2. The van der Waals surface area contributed by atoms with E-state index in [9.17, 15) is 9.90 Å². The van der Waals surface area contributed by atoms with Gasteiger partial charge >= 0.3 is 0 Å². The number of nitrogens with one attached hydrogen (secondary N) is 1. The smallest absolute Gasteiger partial charge is 0.226 e. The third-order valence-corrected chi connectivity index (χ3v) is 4.67. The fraction of sp³-hybridized carbons (Fsp3) is 0.714. The maximum absolute atomic E-state index is 11.3. The maximum atomic E-state index is 11.3. The number of nitrogens with zero attached hydrogens (tertiary/aromatic N) is 2. The molecule has 6 heteroatoms. The van der Waals surface area contributed by atoms with Crippen LogP contribution in [0.25, 0.3) is 0 Å². The van der Waals surface area contributed by atoms with Crippen molar-refractivity contribution in [1.29, 1.82) is 0 Å². The Hall–Kier alpha value is -0.980. The van der Waals surface area contributed by atoms with Gasteiger partial charge in [0.05, 0.1) is 18.2 Å². The summed E-state index contributed by atoms with van der Waals surface area (Å²) in [7, 11) is 1.64. The van der Waals surface area contributed by atoms with Crippen molar-refractivity contribution in [3.8, 4) is 0 Å². The van der Waals surface area contributed by atoms with Crippen LogP contribution in [0.3, 0.4) is 0 Å². The van der Waals surface area contributed by atoms with Gasteiger partial charge in [0.25, 0.3) is 0 Å². The highest BCUT2D eigenvalue weighted by Gasteiger charge is 2.26. The van der Waals surface area contributed by atoms with Crippen LogP contribution < -0.4 is 5.32 Å². The molecule has 0 aromatic carbocycles. The number of carbonyl (C=O) groups excluding carboxylic acids is 1. The molecule has 2 unspecified atom stereocenters. The number of thiazole rings is 1. The van der Waals surface area contributed by atoms with Crippen molar-refractivity contribution < 1.29 is 9.90 Å². The Labute approximate surface area is 124 Å². The first-order valence-electron chi connectivity index (χ1n) is 7.16. The molecule has 20 heavy (non-hydrogen) atoms. The number of likely N-dealkylation sites (N-methyl/N-ethyl adjacent to an activating group) is 1. The van der Waals surface area contributed by atoms with E-state index < -0.39 is 0 Å². The molecule has 112 valence electrons. The molecule has 1 saturated heterocycles. The van der Waals surface area contributed by atoms with Gasteiger partial charge in [-0.15, -0.1) is 11.3 Å². The van der Waals surface area contributed by atoms with Crippen molar-refractivity contribution in [2.45, 2.75) is 51.3 Å². The molecule has 1 aliphatic rings. The van der Waals surface area contributed by atoms with Crippen LogP contribution in [-0.2, 0) is 17.8 Å². The molecule has 2 atom stereocenters. The lowest BCUT2D eigenvalue weighted by Crippen LogP contribution is -2.45. The molecule has 0 radical (unpaired) electrons. The number of rotatable bonds is 5. The van der Waals surface area contributed by atoms with Crippen molar-refractivity contribution in [1.82, 2.24) is 15.2 Å². The second-order valence-corrected chi connectivity index (χ2v) is 6.30. The molecular formula is C14H23N3O2S. The first-order chi connectivity index (χ1) is 9.60. The van der Waals surface area contributed by atoms with Crippen molar-refractivity contribution in [2.24, 2.45) is 0 Å². The second-order valence-electron chi connectivity index (χ2n) is 5.36. The van der Waals surface area contributed by atoms with Crippen LogP contribution in [0, 0.1) is 0 Å². The van der Waals surface area contributed by atoms with Crippen LogP contribution in [0.1, 0.15) is 36.9 Å². The molecule has 1 amide bonds. The molecule has 2 N–H and O–H groups in total. The Morgan fingerprint density at radius 1 is 1.65 bits per heavy atom. The van der Waals surface area contributed by atoms with Gasteiger partial charge in [0, 0.05) is 25.0 Å². The van der Waals surface area contributed by atoms with E-state index >= 15 is 0 Å². The standard InChI is InChI=1S/C14H23N3O2S/c1-10(18)12-5-3-4-6-17(12)8-11-9-20-14(16-11)7-13(19)15-2/h9-10,12,18H,3-8H2,1-2H3,(H,15,19). The van der Waals surface area contributed by atoms with E-state index in [0.29, 0.717) is 6.42 Å². The number of amides is 1. The molecule has 2 heterocycles. The van der Waals surface area contributed by atoms with Gasteiger partial charge < -0.3 is 10.4 Å². The SMILES string of the molecule is CNC(=O)Cc1nc(CN2CCCCC2C(C)O)cs1. The van der Waals surface area contributed by atoms with Crippen molar-refractivity contribution >= 4 is 17.2 Å². The molecule has 1 aromatic rings. The van der Waals surface area contributed by atoms with E-state index in [1.807, 2.05) is 12.3 Å². The number of hydrogen-bond acceptors (Lipinski definition) is 5. The summed E-state index contributed by atoms with van der Waals surface area (Å²) in [6.07, 6.45) is 3.46. The molecule has 5 nitrogen and oxygen atoms in total. The molecule has 0 aliphatic carbocycles. The Morgan fingerprint density at radius 2 is 2.45 bits per heavy atom. The van der Waals surface area contributed by atoms with E-state index in [1.54, 1.807) is 7.05 Å². The third-order valence-electron chi connectivity index (χ3n) is 3.78. The number of aliphatic hydroxyl groups is 1. The van der Waals surface area contributed by atoms with E-state index in [1.165, 1.54) is 24.2 Å². The van der Waals surface area contributed by atoms with Gasteiger partial charge in [-0.2, -0.15) is 0 Å². The zero-order chi connectivity index (χ0) is 14.5. The summed E-state index contributed by atoms with van der Waals surface area (Å²) >= 11 is 1.53. The second kappa shape index (κ2) is 7.15. The fourth-order valence-electron chi connectivity index (χ4n) is 2.70. The number of aromatic nitrogens is 1. The fourth-order valence-corrected chi connectivity index (χ4v) is 3.48. The summed E-state index contributed by atoms with van der Waals surface area (Å²) in [5.41, 5.74) is 1.00. The molecule has 1 fully saturated rings. The van der Waals surface area contributed by atoms with Crippen LogP contribution in [0.2, 0.25) is 0 Å². The number of piperidine rings is 1. The highest BCUT2D eigenvalue weighted by atomic mass is 32.1. The van der Waals surface area contributed by atoms with Crippen LogP contribution in [0.5, 0.6) is 0 Å². The topological polar surface area (TPSA) is 65.5 Å². The average molecular weight is 297 g/mol. The van der Waals surface area contributed by atoms with E-state index in [2.05, 4.69) is 15.2 Å². The number of carbonyl (C=O) groups is 1. The predicted molar refractivity (Wildman–Crippen MR) is 79.6 cm³/mol. The van der Waals surface area contributed by atoms with Crippen molar-refractivity contribution in [3.05, 3.63) is 16.1 Å². The lowest BCUT2D eigenvalue weighted by molar-refractivity contribution is -0.119. The van der Waals surface area contributed by atoms with E-state index in [4.69, 9.17) is 0 Å². The number of aliphatic hydroxyl groups excluding tert-OH is 1. The summed E-state index contributed by atoms with van der Waals surface area (Å²) in [4.78, 5) is 18.2. The van der Waals surface area contributed by atoms with Gasteiger partial charge in [-0.05, 0) is 26.3 Å². The van der Waals surface area contributed by atoms with Gasteiger partial charge in [-0.3, -0.25) is 9.69 Å². The Kier molecular flexibility index (Phi) is 5.51. The summed E-state index contributed by atoms with van der Waals surface area (Å²) in [5.74, 6) is -0.00858. The summed E-state index contributed by atoms with van der Waals surface area (Å²) < 4.78 is 0. The zero-order valence-corrected chi connectivity index (χ0v) is 12.9. The third kappa shape index (κ3) is 4.01. The quantitative estimate of drug-likeness (QED) is 0.856. The normalized spacial score (nSPS) is 21.6. The summed E-state index contributed by atoms with van der Waals surface area (Å²) in [6, 6.07) is 0.229. The van der Waals surface area contributed by atoms with Gasteiger partial charge in [0.15, 0.2) is 0 Å². The Bertz CT molecular complexity index is 447. The van der Waals surface area contributed by atoms with Crippen LogP contribution in [0.4, 0.5) is 0 Å². The molecule has 1 aromatic heterocycles. The van der Waals surface area contributed by atoms with Gasteiger partial charge in [-0.25, -0.2) is 4.98 Å². The van der Waals surface area contributed by atoms with Gasteiger partial charge in [0.2, 0.25) is 5.91 Å². The highest BCUT2D eigenvalue weighted by molar-refractivity contribution is 7.09. The molecule has 1 aliphatic heterocycles. The summed E-state index contributed by atoms with van der Waals surface area (Å²) in [6.45, 7) is 3.64. The maximum Gasteiger partial charge on any atom is 0.226 e. The average Bonchev–Trinajstić information content (AvgIpc) is 2.86. The number of likely N-dealkylation sites (tertiary alicyclic amines) is 1. The van der Waals surface area contributed by atoms with Crippen molar-refractivity contribution in [3.63, 3.8) is 0 Å². The van der Waals surface area contributed by atoms with E-state index in [-0.39, 0.29) is 18.1 Å². The van der Waals surface area contributed by atoms with Crippen LogP contribution >= 0.6 is 11.3 Å². The summed E-state index contributed by atoms with van der Waals surface area (Å²) in [5, 5.41) is 15.4. The predicted octanol–water partition coefficient (Wildman–Crippen LogP) is 1.17. The minimum absolute atomic E-state index is 0.00858. The molecule has 0 bridgehead atoms. The van der Waals surface area contributed by atoms with Gasteiger partial charge in [-0.1, -0.05) is 6.42 Å². The highest BCUT2D eigenvalue weighted by Crippen LogP contribution is 2.22. The molecule has 2 rings (SSSR count). The monoisotopic (exact) mass is 297 g/mol. The zero-order valence-electron chi connectivity index (χ0n) is 12.1. The first-order valence-corrected chi connectivity index (χ1v) is 8.04. The van der Waals surface area contributed by atoms with Crippen LogP contribution in [-0.4, -0.2) is 46.6 Å². The van der Waals surface area contributed by atoms with Gasteiger partial charge in [0.1, 0.15) is 5.01 Å². The Balaban J connectivity index is 1.96. The Morgan fingerprint density at radius 3 is 3.15 bits per heavy atom. The van der Waals surface area contributed by atoms with Crippen molar-refractivity contribution in [2.75, 3.05) is 13.6 Å². The molecule has 0 spiro atoms. The molecular weight excluding hydrogens is 274 g/mol. The minimum Gasteiger partial charge on any atom is -0.392 e. The minimum atomic E-state index is -0.306. The largest absolute Gasteiger partial charge is 0.392 e. The lowest BCUT2D eigenvalue weighted by Gasteiger charge is -2.36. The molecule has 0 saturated carbocycles. The van der Waals surface area contributed by atoms with Crippen LogP contribution in [0.15, 0.2) is 5.38 Å². The van der Waals surface area contributed by atoms with E-state index in [0.717, 1.165) is 30.2 Å².